The number of aliphatic hydroxyl groups is 1. The summed E-state index contributed by atoms with van der Waals surface area (Å²) in [5.41, 5.74) is -1.09. The lowest BCUT2D eigenvalue weighted by molar-refractivity contribution is -0.140. The first-order chi connectivity index (χ1) is 8.89. The van der Waals surface area contributed by atoms with Crippen molar-refractivity contribution in [3.63, 3.8) is 0 Å². The Morgan fingerprint density at radius 2 is 1.84 bits per heavy atom. The second-order valence-corrected chi connectivity index (χ2v) is 4.77. The van der Waals surface area contributed by atoms with E-state index in [1.807, 2.05) is 0 Å². The molecule has 1 unspecified atom stereocenters. The van der Waals surface area contributed by atoms with Crippen LogP contribution in [-0.4, -0.2) is 18.2 Å². The molecule has 0 radical (unpaired) electrons. The highest BCUT2D eigenvalue weighted by Gasteiger charge is 2.34. The van der Waals surface area contributed by atoms with Gasteiger partial charge in [0.2, 0.25) is 0 Å². The lowest BCUT2D eigenvalue weighted by atomic mass is 9.88. The minimum atomic E-state index is -4.71. The van der Waals surface area contributed by atoms with Gasteiger partial charge in [0.05, 0.1) is 11.7 Å². The topological polar surface area (TPSA) is 32.3 Å². The van der Waals surface area contributed by atoms with Gasteiger partial charge in [0.25, 0.3) is 0 Å². The number of nitrogens with one attached hydrogen (secondary N) is 1. The molecular weight excluding hydrogens is 262 g/mol. The summed E-state index contributed by atoms with van der Waals surface area (Å²) in [4.78, 5) is 0. The summed E-state index contributed by atoms with van der Waals surface area (Å²) in [6.45, 7) is 1.51. The van der Waals surface area contributed by atoms with E-state index < -0.39 is 23.7 Å². The summed E-state index contributed by atoms with van der Waals surface area (Å²) < 4.78 is 50.7. The van der Waals surface area contributed by atoms with E-state index in [2.05, 4.69) is 5.32 Å². The highest BCUT2D eigenvalue weighted by molar-refractivity contribution is 5.28. The molecule has 106 valence electrons. The van der Waals surface area contributed by atoms with Gasteiger partial charge in [-0.15, -0.1) is 0 Å². The molecule has 0 bridgehead atoms. The quantitative estimate of drug-likeness (QED) is 0.815. The first kappa shape index (κ1) is 14.3. The van der Waals surface area contributed by atoms with Crippen LogP contribution in [0.3, 0.4) is 0 Å². The van der Waals surface area contributed by atoms with E-state index in [0.29, 0.717) is 6.07 Å². The normalized spacial score (nSPS) is 19.4. The number of hydrogen-bond donors (Lipinski definition) is 2. The van der Waals surface area contributed by atoms with Crippen molar-refractivity contribution < 1.29 is 22.7 Å². The number of aliphatic hydroxyl groups excluding tert-OH is 1. The van der Waals surface area contributed by atoms with Gasteiger partial charge >= 0.3 is 6.18 Å². The molecule has 1 aliphatic heterocycles. The van der Waals surface area contributed by atoms with Gasteiger partial charge < -0.3 is 10.4 Å². The summed E-state index contributed by atoms with van der Waals surface area (Å²) >= 11 is 0. The fraction of sp³-hybridized carbons (Fsp3) is 0.538. The molecular formula is C13H15F4NO. The van der Waals surface area contributed by atoms with Crippen LogP contribution in [0.1, 0.15) is 30.1 Å². The molecule has 0 aromatic heterocycles. The molecule has 2 nitrogen and oxygen atoms in total. The third kappa shape index (κ3) is 3.25. The van der Waals surface area contributed by atoms with Crippen LogP contribution in [0, 0.1) is 11.7 Å². The van der Waals surface area contributed by atoms with Gasteiger partial charge in [-0.1, -0.05) is 6.07 Å². The highest BCUT2D eigenvalue weighted by Crippen LogP contribution is 2.34. The number of rotatable bonds is 2. The molecule has 0 saturated carbocycles. The SMILES string of the molecule is OC(c1ccc(C(F)(F)F)c(F)c1)C1CCNCC1. The van der Waals surface area contributed by atoms with E-state index in [-0.39, 0.29) is 11.5 Å². The monoisotopic (exact) mass is 277 g/mol. The molecule has 2 rings (SSSR count). The Morgan fingerprint density at radius 1 is 1.21 bits per heavy atom. The average molecular weight is 277 g/mol. The van der Waals surface area contributed by atoms with Crippen molar-refractivity contribution in [2.24, 2.45) is 5.92 Å². The van der Waals surface area contributed by atoms with Gasteiger partial charge in [-0.25, -0.2) is 4.39 Å². The predicted octanol–water partition coefficient (Wildman–Crippen LogP) is 2.88. The molecule has 1 aliphatic rings. The van der Waals surface area contributed by atoms with Gasteiger partial charge in [-0.3, -0.25) is 0 Å². The molecule has 1 aromatic rings. The Hall–Kier alpha value is -1.14. The highest BCUT2D eigenvalue weighted by atomic mass is 19.4. The molecule has 1 saturated heterocycles. The van der Waals surface area contributed by atoms with E-state index in [1.54, 1.807) is 0 Å². The molecule has 2 N–H and O–H groups in total. The van der Waals surface area contributed by atoms with Crippen molar-refractivity contribution in [3.8, 4) is 0 Å². The van der Waals surface area contributed by atoms with Gasteiger partial charge in [0, 0.05) is 0 Å². The van der Waals surface area contributed by atoms with Crippen molar-refractivity contribution in [3.05, 3.63) is 35.1 Å². The Balaban J connectivity index is 2.19. The van der Waals surface area contributed by atoms with Crippen LogP contribution in [0.5, 0.6) is 0 Å². The average Bonchev–Trinajstić information content (AvgIpc) is 2.37. The molecule has 6 heteroatoms. The van der Waals surface area contributed by atoms with Crippen molar-refractivity contribution in [1.29, 1.82) is 0 Å². The molecule has 0 spiro atoms. The van der Waals surface area contributed by atoms with E-state index in [4.69, 9.17) is 0 Å². The first-order valence-electron chi connectivity index (χ1n) is 6.15. The van der Waals surface area contributed by atoms with Gasteiger partial charge in [0.15, 0.2) is 0 Å². The van der Waals surface area contributed by atoms with Gasteiger partial charge in [-0.05, 0) is 49.5 Å². The minimum absolute atomic E-state index is 0.0441. The zero-order valence-corrected chi connectivity index (χ0v) is 10.2. The fourth-order valence-electron chi connectivity index (χ4n) is 2.38. The van der Waals surface area contributed by atoms with Crippen LogP contribution in [-0.2, 0) is 6.18 Å². The maximum absolute atomic E-state index is 13.4. The lowest BCUT2D eigenvalue weighted by Crippen LogP contribution is -2.30. The smallest absolute Gasteiger partial charge is 0.388 e. The third-order valence-corrected chi connectivity index (χ3v) is 3.47. The van der Waals surface area contributed by atoms with E-state index in [0.717, 1.165) is 38.1 Å². The zero-order chi connectivity index (χ0) is 14.0. The first-order valence-corrected chi connectivity index (χ1v) is 6.15. The zero-order valence-electron chi connectivity index (χ0n) is 10.2. The second kappa shape index (κ2) is 5.46. The van der Waals surface area contributed by atoms with E-state index >= 15 is 0 Å². The molecule has 1 heterocycles. The maximum atomic E-state index is 13.4. The molecule has 0 aliphatic carbocycles. The predicted molar refractivity (Wildman–Crippen MR) is 62.0 cm³/mol. The van der Waals surface area contributed by atoms with Crippen molar-refractivity contribution in [2.75, 3.05) is 13.1 Å². The number of piperidine rings is 1. The van der Waals surface area contributed by atoms with Crippen LogP contribution in [0.2, 0.25) is 0 Å². The van der Waals surface area contributed by atoms with Crippen molar-refractivity contribution in [2.45, 2.75) is 25.1 Å². The van der Waals surface area contributed by atoms with Crippen LogP contribution in [0.25, 0.3) is 0 Å². The maximum Gasteiger partial charge on any atom is 0.419 e. The molecule has 19 heavy (non-hydrogen) atoms. The van der Waals surface area contributed by atoms with Crippen LogP contribution in [0.4, 0.5) is 17.6 Å². The largest absolute Gasteiger partial charge is 0.419 e. The lowest BCUT2D eigenvalue weighted by Gasteiger charge is -2.27. The Bertz CT molecular complexity index is 441. The Kier molecular flexibility index (Phi) is 4.10. The van der Waals surface area contributed by atoms with Crippen LogP contribution < -0.4 is 5.32 Å². The van der Waals surface area contributed by atoms with E-state index in [1.165, 1.54) is 0 Å². The van der Waals surface area contributed by atoms with Crippen LogP contribution >= 0.6 is 0 Å². The Labute approximate surface area is 108 Å². The summed E-state index contributed by atoms with van der Waals surface area (Å²) in [5, 5.41) is 13.2. The van der Waals surface area contributed by atoms with Crippen molar-refractivity contribution >= 4 is 0 Å². The van der Waals surface area contributed by atoms with Gasteiger partial charge in [-0.2, -0.15) is 13.2 Å². The second-order valence-electron chi connectivity index (χ2n) is 4.77. The molecule has 1 fully saturated rings. The summed E-state index contributed by atoms with van der Waals surface area (Å²) in [5.74, 6) is -1.38. The molecule has 1 aromatic carbocycles. The number of halogens is 4. The minimum Gasteiger partial charge on any atom is -0.388 e. The summed E-state index contributed by atoms with van der Waals surface area (Å²) in [6, 6.07) is 2.63. The number of hydrogen-bond acceptors (Lipinski definition) is 2. The van der Waals surface area contributed by atoms with Crippen LogP contribution in [0.15, 0.2) is 18.2 Å². The van der Waals surface area contributed by atoms with Crippen molar-refractivity contribution in [1.82, 2.24) is 5.32 Å². The summed E-state index contributed by atoms with van der Waals surface area (Å²) in [7, 11) is 0. The molecule has 0 amide bonds. The Morgan fingerprint density at radius 3 is 2.37 bits per heavy atom. The standard InChI is InChI=1S/C13H15F4NO/c14-11-7-9(1-2-10(11)13(15,16)17)12(19)8-3-5-18-6-4-8/h1-2,7-8,12,18-19H,3-6H2. The van der Waals surface area contributed by atoms with Gasteiger partial charge in [0.1, 0.15) is 5.82 Å². The number of alkyl halides is 3. The number of benzene rings is 1. The third-order valence-electron chi connectivity index (χ3n) is 3.47. The van der Waals surface area contributed by atoms with E-state index in [9.17, 15) is 22.7 Å². The summed E-state index contributed by atoms with van der Waals surface area (Å²) in [6.07, 6.45) is -4.17. The fourth-order valence-corrected chi connectivity index (χ4v) is 2.38. The molecule has 1 atom stereocenters.